The molecule has 1 aliphatic rings. The van der Waals surface area contributed by atoms with Gasteiger partial charge in [-0.3, -0.25) is 9.59 Å². The molecule has 0 aliphatic carbocycles. The Labute approximate surface area is 182 Å². The third kappa shape index (κ3) is 5.55. The molecule has 0 radical (unpaired) electrons. The fourth-order valence-electron chi connectivity index (χ4n) is 4.18. The third-order valence-electron chi connectivity index (χ3n) is 6.01. The van der Waals surface area contributed by atoms with Gasteiger partial charge in [0.05, 0.1) is 31.6 Å². The molecular formula is C24H30N5O2+. The van der Waals surface area contributed by atoms with Crippen molar-refractivity contribution >= 4 is 16.8 Å². The lowest BCUT2D eigenvalue weighted by molar-refractivity contribution is -0.917. The van der Waals surface area contributed by atoms with Gasteiger partial charge in [-0.25, -0.2) is 4.68 Å². The van der Waals surface area contributed by atoms with Crippen molar-refractivity contribution in [3.63, 3.8) is 0 Å². The Morgan fingerprint density at radius 1 is 0.935 bits per heavy atom. The van der Waals surface area contributed by atoms with Crippen molar-refractivity contribution in [3.8, 4) is 0 Å². The van der Waals surface area contributed by atoms with Crippen LogP contribution in [-0.2, 0) is 17.9 Å². The van der Waals surface area contributed by atoms with E-state index in [4.69, 9.17) is 0 Å². The fourth-order valence-corrected chi connectivity index (χ4v) is 4.18. The molecule has 2 aromatic carbocycles. The van der Waals surface area contributed by atoms with Gasteiger partial charge in [-0.05, 0) is 25.0 Å². The van der Waals surface area contributed by atoms with E-state index in [0.29, 0.717) is 23.9 Å². The molecule has 1 N–H and O–H groups in total. The van der Waals surface area contributed by atoms with Crippen LogP contribution in [0.4, 0.5) is 0 Å². The summed E-state index contributed by atoms with van der Waals surface area (Å²) in [5.74, 6) is 0.251. The van der Waals surface area contributed by atoms with Crippen LogP contribution in [0.2, 0.25) is 0 Å². The van der Waals surface area contributed by atoms with Crippen LogP contribution < -0.4 is 10.5 Å². The summed E-state index contributed by atoms with van der Waals surface area (Å²) in [7, 11) is 0. The van der Waals surface area contributed by atoms with E-state index in [9.17, 15) is 9.59 Å². The summed E-state index contributed by atoms with van der Waals surface area (Å²) in [4.78, 5) is 28.5. The molecule has 1 fully saturated rings. The highest BCUT2D eigenvalue weighted by Crippen LogP contribution is 2.07. The van der Waals surface area contributed by atoms with E-state index in [1.54, 1.807) is 12.1 Å². The number of rotatable bonds is 8. The highest BCUT2D eigenvalue weighted by Gasteiger charge is 2.23. The zero-order valence-electron chi connectivity index (χ0n) is 17.9. The number of unbranched alkanes of at least 4 members (excludes halogenated alkanes) is 2. The van der Waals surface area contributed by atoms with E-state index < -0.39 is 0 Å². The van der Waals surface area contributed by atoms with Crippen LogP contribution in [0.1, 0.15) is 31.2 Å². The maximum atomic E-state index is 12.5. The number of aryl methyl sites for hydroxylation is 1. The first-order chi connectivity index (χ1) is 15.2. The van der Waals surface area contributed by atoms with Gasteiger partial charge in [0.25, 0.3) is 5.56 Å². The van der Waals surface area contributed by atoms with Crippen LogP contribution in [0.25, 0.3) is 10.9 Å². The van der Waals surface area contributed by atoms with Gasteiger partial charge in [0, 0.05) is 18.5 Å². The molecule has 3 aromatic rings. The Morgan fingerprint density at radius 2 is 1.68 bits per heavy atom. The second-order valence-corrected chi connectivity index (χ2v) is 8.24. The molecule has 0 atom stereocenters. The molecule has 7 heteroatoms. The van der Waals surface area contributed by atoms with Gasteiger partial charge in [-0.2, -0.15) is 0 Å². The Kier molecular flexibility index (Phi) is 7.04. The number of piperazine rings is 1. The van der Waals surface area contributed by atoms with Crippen molar-refractivity contribution < 1.29 is 9.69 Å². The number of hydrogen-bond acceptors (Lipinski definition) is 4. The van der Waals surface area contributed by atoms with Crippen molar-refractivity contribution in [2.75, 3.05) is 26.2 Å². The van der Waals surface area contributed by atoms with Crippen LogP contribution in [0.15, 0.2) is 59.4 Å². The lowest BCUT2D eigenvalue weighted by atomic mass is 10.1. The Morgan fingerprint density at radius 3 is 2.48 bits per heavy atom. The van der Waals surface area contributed by atoms with Gasteiger partial charge in [0.2, 0.25) is 5.91 Å². The molecule has 0 unspecified atom stereocenters. The SMILES string of the molecule is O=C(CCCCCn1nnc2ccccc2c1=O)N1CC[NH+](Cc2ccccc2)CC1. The summed E-state index contributed by atoms with van der Waals surface area (Å²) >= 11 is 0. The van der Waals surface area contributed by atoms with Gasteiger partial charge in [-0.1, -0.05) is 54.1 Å². The van der Waals surface area contributed by atoms with E-state index in [-0.39, 0.29) is 11.5 Å². The van der Waals surface area contributed by atoms with Gasteiger partial charge in [0.15, 0.2) is 0 Å². The van der Waals surface area contributed by atoms with E-state index in [1.807, 2.05) is 23.1 Å². The maximum absolute atomic E-state index is 12.5. The topological polar surface area (TPSA) is 72.5 Å². The minimum atomic E-state index is -0.0995. The molecule has 0 bridgehead atoms. The van der Waals surface area contributed by atoms with Crippen LogP contribution in [0.5, 0.6) is 0 Å². The molecule has 31 heavy (non-hydrogen) atoms. The zero-order chi connectivity index (χ0) is 21.5. The summed E-state index contributed by atoms with van der Waals surface area (Å²) in [6.07, 6.45) is 3.12. The quantitative estimate of drug-likeness (QED) is 0.557. The standard InChI is InChI=1S/C24H29N5O2/c30-23(28-17-15-27(16-18-28)19-20-9-3-1-4-10-20)13-5-2-8-14-29-24(31)21-11-6-7-12-22(21)25-26-29/h1,3-4,6-7,9-12H,2,5,8,13-19H2/p+1. The second-order valence-electron chi connectivity index (χ2n) is 8.24. The number of aromatic nitrogens is 3. The predicted molar refractivity (Wildman–Crippen MR) is 120 cm³/mol. The number of quaternary nitrogens is 1. The summed E-state index contributed by atoms with van der Waals surface area (Å²) in [6, 6.07) is 17.8. The minimum Gasteiger partial charge on any atom is -0.331 e. The molecule has 2 heterocycles. The number of hydrogen-bond donors (Lipinski definition) is 1. The molecule has 0 saturated carbocycles. The molecule has 1 aromatic heterocycles. The normalized spacial score (nSPS) is 14.8. The second kappa shape index (κ2) is 10.3. The predicted octanol–water partition coefficient (Wildman–Crippen LogP) is 1.28. The monoisotopic (exact) mass is 420 g/mol. The summed E-state index contributed by atoms with van der Waals surface area (Å²) in [6.45, 7) is 5.24. The maximum Gasteiger partial charge on any atom is 0.277 e. The number of amides is 1. The van der Waals surface area contributed by atoms with Gasteiger partial charge in [0.1, 0.15) is 12.1 Å². The van der Waals surface area contributed by atoms with E-state index in [2.05, 4.69) is 34.6 Å². The van der Waals surface area contributed by atoms with E-state index in [0.717, 1.165) is 52.0 Å². The van der Waals surface area contributed by atoms with Gasteiger partial charge < -0.3 is 9.80 Å². The summed E-state index contributed by atoms with van der Waals surface area (Å²) < 4.78 is 1.43. The minimum absolute atomic E-state index is 0.0995. The number of benzene rings is 2. The number of nitrogens with zero attached hydrogens (tertiary/aromatic N) is 4. The summed E-state index contributed by atoms with van der Waals surface area (Å²) in [5.41, 5.74) is 1.88. The Balaban J connectivity index is 1.15. The van der Waals surface area contributed by atoms with Crippen molar-refractivity contribution in [1.29, 1.82) is 0 Å². The first kappa shape index (κ1) is 21.2. The highest BCUT2D eigenvalue weighted by atomic mass is 16.2. The molecule has 1 amide bonds. The number of nitrogens with one attached hydrogen (secondary N) is 1. The third-order valence-corrected chi connectivity index (χ3v) is 6.01. The number of carbonyl (C=O) groups is 1. The largest absolute Gasteiger partial charge is 0.331 e. The molecule has 1 aliphatic heterocycles. The van der Waals surface area contributed by atoms with Crippen molar-refractivity contribution in [2.24, 2.45) is 0 Å². The first-order valence-electron chi connectivity index (χ1n) is 11.2. The lowest BCUT2D eigenvalue weighted by Crippen LogP contribution is -3.13. The zero-order valence-corrected chi connectivity index (χ0v) is 17.9. The number of fused-ring (bicyclic) bond motifs is 1. The molecule has 4 rings (SSSR count). The van der Waals surface area contributed by atoms with Crippen molar-refractivity contribution in [1.82, 2.24) is 19.9 Å². The van der Waals surface area contributed by atoms with Crippen LogP contribution in [-0.4, -0.2) is 52.0 Å². The van der Waals surface area contributed by atoms with Crippen molar-refractivity contribution in [2.45, 2.75) is 38.8 Å². The van der Waals surface area contributed by atoms with Crippen LogP contribution in [0, 0.1) is 0 Å². The number of carbonyl (C=O) groups excluding carboxylic acids is 1. The van der Waals surface area contributed by atoms with Crippen LogP contribution >= 0.6 is 0 Å². The highest BCUT2D eigenvalue weighted by molar-refractivity contribution is 5.76. The summed E-state index contributed by atoms with van der Waals surface area (Å²) in [5, 5.41) is 8.74. The molecule has 7 nitrogen and oxygen atoms in total. The Bertz CT molecular complexity index is 1060. The lowest BCUT2D eigenvalue weighted by Gasteiger charge is -2.32. The molecular weight excluding hydrogens is 390 g/mol. The average Bonchev–Trinajstić information content (AvgIpc) is 2.81. The molecule has 0 spiro atoms. The average molecular weight is 421 g/mol. The molecule has 1 saturated heterocycles. The van der Waals surface area contributed by atoms with Gasteiger partial charge >= 0.3 is 0 Å². The van der Waals surface area contributed by atoms with Crippen LogP contribution in [0.3, 0.4) is 0 Å². The molecule has 162 valence electrons. The van der Waals surface area contributed by atoms with E-state index >= 15 is 0 Å². The van der Waals surface area contributed by atoms with Crippen molar-refractivity contribution in [3.05, 3.63) is 70.5 Å². The Hall–Kier alpha value is -3.06. The fraction of sp³-hybridized carbons (Fsp3) is 0.417. The van der Waals surface area contributed by atoms with E-state index in [1.165, 1.54) is 15.1 Å². The first-order valence-corrected chi connectivity index (χ1v) is 11.2. The van der Waals surface area contributed by atoms with Gasteiger partial charge in [-0.15, -0.1) is 5.10 Å². The smallest absolute Gasteiger partial charge is 0.277 e.